The number of nitrogens with zero attached hydrogens (tertiary/aromatic N) is 7. The molecule has 0 amide bonds. The van der Waals surface area contributed by atoms with Crippen molar-refractivity contribution < 1.29 is 0 Å². The Morgan fingerprint density at radius 2 is 1.43 bits per heavy atom. The number of hydrogen-bond donors (Lipinski definition) is 0. The van der Waals surface area contributed by atoms with Gasteiger partial charge < -0.3 is 14.4 Å². The van der Waals surface area contributed by atoms with E-state index in [2.05, 4.69) is 51.7 Å². The molecule has 6 rings (SSSR count). The molecule has 0 bridgehead atoms. The molecule has 0 radical (unpaired) electrons. The largest absolute Gasteiger partial charge is 0.327 e. The predicted molar refractivity (Wildman–Crippen MR) is 143 cm³/mol. The smallest absolute Gasteiger partial charge is 0.173 e. The number of aromatic nitrogens is 3. The Labute approximate surface area is 204 Å². The van der Waals surface area contributed by atoms with Gasteiger partial charge in [-0.15, -0.1) is 0 Å². The van der Waals surface area contributed by atoms with E-state index in [-0.39, 0.29) is 12.1 Å². The van der Waals surface area contributed by atoms with E-state index in [0.717, 1.165) is 50.9 Å². The van der Waals surface area contributed by atoms with Gasteiger partial charge in [0.1, 0.15) is 11.3 Å². The van der Waals surface area contributed by atoms with Crippen molar-refractivity contribution >= 4 is 39.9 Å². The maximum absolute atomic E-state index is 4.93. The van der Waals surface area contributed by atoms with E-state index >= 15 is 0 Å². The van der Waals surface area contributed by atoms with Crippen molar-refractivity contribution in [2.24, 2.45) is 17.0 Å². The first-order valence-electron chi connectivity index (χ1n) is 11.8. The van der Waals surface area contributed by atoms with Gasteiger partial charge in [-0.05, 0) is 31.2 Å². The molecule has 174 valence electrons. The van der Waals surface area contributed by atoms with Crippen molar-refractivity contribution in [3.8, 4) is 0 Å². The van der Waals surface area contributed by atoms with E-state index in [1.54, 1.807) is 0 Å². The summed E-state index contributed by atoms with van der Waals surface area (Å²) in [7, 11) is 6.12. The maximum Gasteiger partial charge on any atom is 0.173 e. The highest BCUT2D eigenvalue weighted by Crippen LogP contribution is 2.27. The van der Waals surface area contributed by atoms with Gasteiger partial charge in [0, 0.05) is 32.4 Å². The van der Waals surface area contributed by atoms with E-state index in [9.17, 15) is 0 Å². The molecule has 7 heteroatoms. The number of para-hydroxylation sites is 2. The summed E-state index contributed by atoms with van der Waals surface area (Å²) in [5.74, 6) is 2.88. The first-order chi connectivity index (χ1) is 17.0. The number of likely N-dealkylation sites (N-methyl/N-ethyl adjacent to an activating group) is 2. The summed E-state index contributed by atoms with van der Waals surface area (Å²) in [4.78, 5) is 23.7. The molecule has 1 fully saturated rings. The van der Waals surface area contributed by atoms with E-state index in [1.807, 2.05) is 69.7 Å². The standard InChI is InChI=1S/C28H27N7/c1-18-23(33(2)26-25(18)29-19-12-8-9-13-20(19)30-26)16-6-5-7-17-24-34(3)27-28(35(24)4)32-22-15-11-10-14-21(22)31-27/h5-17,21-22H,1-4H3. The molecule has 0 saturated carbocycles. The summed E-state index contributed by atoms with van der Waals surface area (Å²) in [5, 5.41) is 0. The monoisotopic (exact) mass is 461 g/mol. The third-order valence-corrected chi connectivity index (χ3v) is 6.84. The molecule has 3 aromatic rings. The molecule has 2 aromatic heterocycles. The van der Waals surface area contributed by atoms with Gasteiger partial charge in [0.15, 0.2) is 17.3 Å². The number of aliphatic imine (C=N–C) groups is 2. The number of amidine groups is 2. The molecule has 2 atom stereocenters. The minimum absolute atomic E-state index is 0.0815. The topological polar surface area (TPSA) is 61.9 Å². The zero-order valence-corrected chi connectivity index (χ0v) is 20.3. The fourth-order valence-electron chi connectivity index (χ4n) is 4.91. The van der Waals surface area contributed by atoms with Crippen LogP contribution in [0.3, 0.4) is 0 Å². The molecule has 2 aliphatic heterocycles. The summed E-state index contributed by atoms with van der Waals surface area (Å²) in [6.45, 7) is 2.10. The lowest BCUT2D eigenvalue weighted by Gasteiger charge is -2.24. The van der Waals surface area contributed by atoms with Crippen LogP contribution in [0.25, 0.3) is 28.3 Å². The number of benzene rings is 1. The number of hydrogen-bond acceptors (Lipinski definition) is 6. The summed E-state index contributed by atoms with van der Waals surface area (Å²) < 4.78 is 2.11. The van der Waals surface area contributed by atoms with Crippen LogP contribution in [0.4, 0.5) is 0 Å². The van der Waals surface area contributed by atoms with Crippen LogP contribution < -0.4 is 0 Å². The van der Waals surface area contributed by atoms with Gasteiger partial charge in [0.05, 0.1) is 23.1 Å². The van der Waals surface area contributed by atoms with Crippen LogP contribution >= 0.6 is 0 Å². The molecule has 7 nitrogen and oxygen atoms in total. The Kier molecular flexibility index (Phi) is 4.99. The first kappa shape index (κ1) is 21.3. The SMILES string of the molecule is Cc1c(C=CC=CC=C2N(C)C3=NC4C=CC=CC4N=C3N2C)n(C)c2nc3ccccc3nc12. The Balaban J connectivity index is 1.25. The highest BCUT2D eigenvalue weighted by Gasteiger charge is 2.37. The second-order valence-electron chi connectivity index (χ2n) is 9.00. The summed E-state index contributed by atoms with van der Waals surface area (Å²) in [6.07, 6.45) is 18.7. The van der Waals surface area contributed by atoms with Crippen molar-refractivity contribution in [1.29, 1.82) is 0 Å². The molecule has 0 spiro atoms. The van der Waals surface area contributed by atoms with E-state index in [1.165, 1.54) is 0 Å². The Morgan fingerprint density at radius 3 is 2.09 bits per heavy atom. The van der Waals surface area contributed by atoms with Crippen LogP contribution in [0.15, 0.2) is 88.7 Å². The summed E-state index contributed by atoms with van der Waals surface area (Å²) in [5.41, 5.74) is 5.90. The number of fused-ring (bicyclic) bond motifs is 4. The lowest BCUT2D eigenvalue weighted by Crippen LogP contribution is -2.36. The normalized spacial score (nSPS) is 21.4. The van der Waals surface area contributed by atoms with Crippen molar-refractivity contribution in [3.63, 3.8) is 0 Å². The predicted octanol–water partition coefficient (Wildman–Crippen LogP) is 4.39. The molecule has 2 unspecified atom stereocenters. The molecule has 4 heterocycles. The lowest BCUT2D eigenvalue weighted by atomic mass is 10.0. The molecule has 1 saturated heterocycles. The van der Waals surface area contributed by atoms with Gasteiger partial charge in [0.2, 0.25) is 0 Å². The Bertz CT molecular complexity index is 1460. The molecular formula is C28H27N7. The Morgan fingerprint density at radius 1 is 0.800 bits per heavy atom. The van der Waals surface area contributed by atoms with Crippen LogP contribution in [-0.2, 0) is 7.05 Å². The van der Waals surface area contributed by atoms with Crippen molar-refractivity contribution in [1.82, 2.24) is 24.3 Å². The summed E-state index contributed by atoms with van der Waals surface area (Å²) >= 11 is 0. The van der Waals surface area contributed by atoms with E-state index in [4.69, 9.17) is 20.0 Å². The first-order valence-corrected chi connectivity index (χ1v) is 11.8. The zero-order valence-electron chi connectivity index (χ0n) is 20.3. The van der Waals surface area contributed by atoms with Gasteiger partial charge in [-0.1, -0.05) is 54.7 Å². The maximum atomic E-state index is 4.93. The average molecular weight is 462 g/mol. The molecule has 3 aliphatic rings. The third-order valence-electron chi connectivity index (χ3n) is 6.84. The van der Waals surface area contributed by atoms with Crippen molar-refractivity contribution in [2.45, 2.75) is 19.0 Å². The van der Waals surface area contributed by atoms with Crippen molar-refractivity contribution in [3.05, 3.63) is 90.0 Å². The average Bonchev–Trinajstić information content (AvgIpc) is 3.25. The van der Waals surface area contributed by atoms with Gasteiger partial charge in [0.25, 0.3) is 0 Å². The number of rotatable bonds is 3. The highest BCUT2D eigenvalue weighted by molar-refractivity contribution is 6.43. The molecular weight excluding hydrogens is 434 g/mol. The zero-order chi connectivity index (χ0) is 24.1. The van der Waals surface area contributed by atoms with Gasteiger partial charge in [-0.25, -0.2) is 9.97 Å². The van der Waals surface area contributed by atoms with Crippen LogP contribution in [0.2, 0.25) is 0 Å². The second kappa shape index (κ2) is 8.20. The Hall–Kier alpha value is -4.26. The van der Waals surface area contributed by atoms with Gasteiger partial charge in [-0.2, -0.15) is 0 Å². The molecule has 1 aliphatic carbocycles. The number of aryl methyl sites for hydroxylation is 2. The number of allylic oxidation sites excluding steroid dienone is 6. The van der Waals surface area contributed by atoms with Crippen LogP contribution in [0.5, 0.6) is 0 Å². The van der Waals surface area contributed by atoms with Gasteiger partial charge in [-0.3, -0.25) is 9.98 Å². The van der Waals surface area contributed by atoms with Gasteiger partial charge >= 0.3 is 0 Å². The third kappa shape index (κ3) is 3.43. The molecule has 1 aromatic carbocycles. The van der Waals surface area contributed by atoms with Crippen LogP contribution in [0.1, 0.15) is 11.3 Å². The second-order valence-corrected chi connectivity index (χ2v) is 9.00. The molecule has 0 N–H and O–H groups in total. The van der Waals surface area contributed by atoms with Crippen LogP contribution in [0, 0.1) is 6.92 Å². The quantitative estimate of drug-likeness (QED) is 0.543. The van der Waals surface area contributed by atoms with E-state index in [0.29, 0.717) is 0 Å². The summed E-state index contributed by atoms with van der Waals surface area (Å²) in [6, 6.07) is 8.16. The molecule has 35 heavy (non-hydrogen) atoms. The fraction of sp³-hybridized carbons (Fsp3) is 0.214. The fourth-order valence-corrected chi connectivity index (χ4v) is 4.91. The minimum atomic E-state index is 0.0815. The minimum Gasteiger partial charge on any atom is -0.327 e. The van der Waals surface area contributed by atoms with Crippen LogP contribution in [-0.4, -0.2) is 62.2 Å². The van der Waals surface area contributed by atoms with E-state index < -0.39 is 0 Å². The highest BCUT2D eigenvalue weighted by atomic mass is 15.4. The lowest BCUT2D eigenvalue weighted by molar-refractivity contribution is 0.497. The van der Waals surface area contributed by atoms with Crippen molar-refractivity contribution in [2.75, 3.05) is 14.1 Å².